The second-order valence-corrected chi connectivity index (χ2v) is 13.8. The van der Waals surface area contributed by atoms with E-state index in [9.17, 15) is 19.2 Å². The lowest BCUT2D eigenvalue weighted by atomic mass is 9.84. The number of ketones is 1. The van der Waals surface area contributed by atoms with Gasteiger partial charge in [-0.05, 0) is 32.0 Å². The van der Waals surface area contributed by atoms with Crippen LogP contribution in [0.1, 0.15) is 33.2 Å². The van der Waals surface area contributed by atoms with E-state index < -0.39 is 55.5 Å². The molecule has 2 aromatic rings. The average Bonchev–Trinajstić information content (AvgIpc) is 3.29. The van der Waals surface area contributed by atoms with Gasteiger partial charge in [0.25, 0.3) is 17.7 Å². The van der Waals surface area contributed by atoms with Crippen LogP contribution in [0.25, 0.3) is 0 Å². The SMILES string of the molecule is Cc1ccc(C(=O)[C@H](C)N(C(=O)c2ccc(Cl)c(Cl)c2)N2C(=O)[C@@H]3[C@@H](C2=O)[C@@]2(Cl)C(Cl)=C(Cl)[C@@]3(Cl)C2(Cl)Cl)cc1. The number of nitrogens with zero attached hydrogens (tertiary/aromatic N) is 2. The van der Waals surface area contributed by atoms with E-state index in [1.807, 2.05) is 6.92 Å². The molecule has 14 heteroatoms. The monoisotopic (exact) mass is 700 g/mol. The van der Waals surface area contributed by atoms with Crippen LogP contribution >= 0.6 is 92.8 Å². The quantitative estimate of drug-likeness (QED) is 0.185. The number of benzene rings is 2. The molecule has 0 N–H and O–H groups in total. The van der Waals surface area contributed by atoms with E-state index in [0.717, 1.165) is 10.6 Å². The molecule has 1 saturated carbocycles. The molecule has 6 nitrogen and oxygen atoms in total. The summed E-state index contributed by atoms with van der Waals surface area (Å²) in [7, 11) is 0. The molecule has 3 aliphatic rings. The number of Topliss-reactive ketones (excluding diaryl/α,β-unsaturated/α-hetero) is 1. The fourth-order valence-electron chi connectivity index (χ4n) is 5.46. The van der Waals surface area contributed by atoms with Crippen LogP contribution in [0.2, 0.25) is 10.0 Å². The third kappa shape index (κ3) is 3.77. The van der Waals surface area contributed by atoms with Crippen molar-refractivity contribution in [3.8, 4) is 0 Å². The average molecular weight is 704 g/mol. The number of alkyl halides is 4. The number of fused-ring (bicyclic) bond motifs is 5. The lowest BCUT2D eigenvalue weighted by molar-refractivity contribution is -0.157. The number of carbonyl (C=O) groups is 4. The Morgan fingerprint density at radius 2 is 1.27 bits per heavy atom. The summed E-state index contributed by atoms with van der Waals surface area (Å²) in [6.07, 6.45) is 0. The largest absolute Gasteiger partial charge is 0.292 e. The third-order valence-corrected chi connectivity index (χ3v) is 12.6. The summed E-state index contributed by atoms with van der Waals surface area (Å²) in [6.45, 7) is 3.22. The van der Waals surface area contributed by atoms with Gasteiger partial charge in [-0.15, -0.1) is 23.2 Å². The van der Waals surface area contributed by atoms with Crippen LogP contribution in [0.5, 0.6) is 0 Å². The fourth-order valence-corrected chi connectivity index (χ4v) is 8.69. The van der Waals surface area contributed by atoms with E-state index in [-0.39, 0.29) is 31.2 Å². The number of aryl methyl sites for hydroxylation is 1. The minimum absolute atomic E-state index is 0.0372. The van der Waals surface area contributed by atoms with Crippen molar-refractivity contribution in [1.29, 1.82) is 0 Å². The van der Waals surface area contributed by atoms with Crippen LogP contribution < -0.4 is 0 Å². The van der Waals surface area contributed by atoms with Crippen molar-refractivity contribution in [3.05, 3.63) is 79.3 Å². The van der Waals surface area contributed by atoms with Gasteiger partial charge in [0, 0.05) is 11.1 Å². The van der Waals surface area contributed by atoms with Crippen molar-refractivity contribution in [2.24, 2.45) is 11.8 Å². The molecular weight excluding hydrogens is 688 g/mol. The van der Waals surface area contributed by atoms with Crippen molar-refractivity contribution < 1.29 is 19.2 Å². The summed E-state index contributed by atoms with van der Waals surface area (Å²) in [6, 6.07) is 9.15. The number of allylic oxidation sites excluding steroid dienone is 2. The van der Waals surface area contributed by atoms with Crippen LogP contribution in [0.4, 0.5) is 0 Å². The molecule has 3 amide bonds. The van der Waals surface area contributed by atoms with E-state index in [4.69, 9.17) is 92.8 Å². The first-order valence-electron chi connectivity index (χ1n) is 11.6. The molecule has 0 aromatic heterocycles. The van der Waals surface area contributed by atoms with Crippen molar-refractivity contribution in [2.45, 2.75) is 34.0 Å². The van der Waals surface area contributed by atoms with Gasteiger partial charge in [-0.25, -0.2) is 5.01 Å². The molecule has 5 rings (SSSR count). The summed E-state index contributed by atoms with van der Waals surface area (Å²) < 4.78 is -2.16. The van der Waals surface area contributed by atoms with Crippen LogP contribution in [0.15, 0.2) is 52.5 Å². The first kappa shape index (κ1) is 30.2. The van der Waals surface area contributed by atoms with Crippen LogP contribution in [-0.4, -0.2) is 53.6 Å². The maximum Gasteiger partial charge on any atom is 0.273 e. The number of carbonyl (C=O) groups excluding carboxylic acids is 4. The predicted molar refractivity (Wildman–Crippen MR) is 157 cm³/mol. The van der Waals surface area contributed by atoms with Gasteiger partial charge in [-0.2, -0.15) is 5.01 Å². The normalized spacial score (nSPS) is 29.2. The van der Waals surface area contributed by atoms with E-state index in [1.54, 1.807) is 24.3 Å². The zero-order valence-corrected chi connectivity index (χ0v) is 26.4. The summed E-state index contributed by atoms with van der Waals surface area (Å²) in [5, 5.41) is 0.926. The minimum Gasteiger partial charge on any atom is -0.292 e. The van der Waals surface area contributed by atoms with Gasteiger partial charge in [0.1, 0.15) is 15.8 Å². The summed E-state index contributed by atoms with van der Waals surface area (Å²) in [5.74, 6) is -6.45. The minimum atomic E-state index is -2.16. The summed E-state index contributed by atoms with van der Waals surface area (Å²) in [5.41, 5.74) is 1.08. The van der Waals surface area contributed by atoms with E-state index in [0.29, 0.717) is 5.01 Å². The second-order valence-electron chi connectivity index (χ2n) is 9.75. The van der Waals surface area contributed by atoms with E-state index >= 15 is 0 Å². The molecule has 2 aliphatic carbocycles. The number of hydrazine groups is 1. The van der Waals surface area contributed by atoms with Gasteiger partial charge in [-0.1, -0.05) is 99.4 Å². The Balaban J connectivity index is 1.64. The topological polar surface area (TPSA) is 74.8 Å². The van der Waals surface area contributed by atoms with Crippen molar-refractivity contribution in [2.75, 3.05) is 0 Å². The highest BCUT2D eigenvalue weighted by atomic mass is 35.5. The molecule has 0 spiro atoms. The standard InChI is InChI=1S/C26H16Cl8N2O4/c1-10-3-5-12(6-4-10)18(37)11(2)35(21(38)13-7-8-14(27)15(28)9-13)36-22(39)16-17(23(36)40)25(32)20(30)19(29)24(16,31)26(25,33)34/h3-9,11,16-17H,1-2H3/t11-,16-,17-,24+,25+/m0/s1. The maximum absolute atomic E-state index is 14.0. The van der Waals surface area contributed by atoms with Crippen LogP contribution in [0, 0.1) is 18.8 Å². The molecule has 2 fully saturated rings. The third-order valence-electron chi connectivity index (χ3n) is 7.56. The highest BCUT2D eigenvalue weighted by Crippen LogP contribution is 2.77. The Labute approximate surface area is 268 Å². The Hall–Kier alpha value is -1.22. The molecule has 210 valence electrons. The summed E-state index contributed by atoms with van der Waals surface area (Å²) in [4.78, 5) is 51.5. The van der Waals surface area contributed by atoms with Crippen LogP contribution in [0.3, 0.4) is 0 Å². The van der Waals surface area contributed by atoms with Crippen molar-refractivity contribution >= 4 is 116 Å². The number of rotatable bonds is 5. The highest BCUT2D eigenvalue weighted by Gasteiger charge is 2.88. The lowest BCUT2D eigenvalue weighted by Gasteiger charge is -2.38. The maximum atomic E-state index is 14.0. The molecule has 2 bridgehead atoms. The lowest BCUT2D eigenvalue weighted by Crippen LogP contribution is -2.59. The van der Waals surface area contributed by atoms with Crippen molar-refractivity contribution in [3.63, 3.8) is 0 Å². The number of hydrogen-bond acceptors (Lipinski definition) is 4. The molecule has 5 atom stereocenters. The molecule has 0 radical (unpaired) electrons. The zero-order valence-electron chi connectivity index (χ0n) is 20.3. The Kier molecular flexibility index (Phi) is 7.50. The molecule has 1 saturated heterocycles. The summed E-state index contributed by atoms with van der Waals surface area (Å²) >= 11 is 51.7. The van der Waals surface area contributed by atoms with Crippen LogP contribution in [-0.2, 0) is 9.59 Å². The molecule has 40 heavy (non-hydrogen) atoms. The smallest absolute Gasteiger partial charge is 0.273 e. The number of amides is 3. The van der Waals surface area contributed by atoms with Gasteiger partial charge in [0.15, 0.2) is 10.1 Å². The molecule has 0 unspecified atom stereocenters. The number of imide groups is 1. The van der Waals surface area contributed by atoms with Gasteiger partial charge in [-0.3, -0.25) is 19.2 Å². The molecule has 1 heterocycles. The Morgan fingerprint density at radius 1 is 0.800 bits per heavy atom. The molecule has 1 aliphatic heterocycles. The highest BCUT2D eigenvalue weighted by molar-refractivity contribution is 6.66. The van der Waals surface area contributed by atoms with Gasteiger partial charge >= 0.3 is 0 Å². The Morgan fingerprint density at radius 3 is 1.75 bits per heavy atom. The van der Waals surface area contributed by atoms with E-state index in [2.05, 4.69) is 0 Å². The predicted octanol–water partition coefficient (Wildman–Crippen LogP) is 7.38. The number of hydrogen-bond donors (Lipinski definition) is 0. The van der Waals surface area contributed by atoms with Gasteiger partial charge < -0.3 is 0 Å². The van der Waals surface area contributed by atoms with Gasteiger partial charge in [0.05, 0.1) is 31.9 Å². The van der Waals surface area contributed by atoms with E-state index in [1.165, 1.54) is 25.1 Å². The molecular formula is C26H16Cl8N2O4. The second kappa shape index (κ2) is 9.92. The Bertz CT molecular complexity index is 1500. The molecule has 2 aromatic carbocycles. The first-order chi connectivity index (χ1) is 18.5. The van der Waals surface area contributed by atoms with Gasteiger partial charge in [0.2, 0.25) is 0 Å². The number of halogens is 8. The first-order valence-corrected chi connectivity index (χ1v) is 14.6. The zero-order chi connectivity index (χ0) is 29.7. The fraction of sp³-hybridized carbons (Fsp3) is 0.308. The van der Waals surface area contributed by atoms with Crippen molar-refractivity contribution in [1.82, 2.24) is 10.0 Å².